The molecule has 1 aromatic heterocycles. The second kappa shape index (κ2) is 6.27. The molecule has 0 aliphatic heterocycles. The summed E-state index contributed by atoms with van der Waals surface area (Å²) in [5, 5.41) is 3.03. The van der Waals surface area contributed by atoms with Crippen molar-refractivity contribution in [2.24, 2.45) is 0 Å². The monoisotopic (exact) mass is 284 g/mol. The van der Waals surface area contributed by atoms with Crippen molar-refractivity contribution >= 4 is 22.9 Å². The number of rotatable bonds is 5. The van der Waals surface area contributed by atoms with Crippen LogP contribution in [-0.4, -0.2) is 16.9 Å². The SMILES string of the molecule is CN(Cc1ccc(F)cc1)Cc1nc(CCl)cs1. The summed E-state index contributed by atoms with van der Waals surface area (Å²) >= 11 is 7.33. The van der Waals surface area contributed by atoms with E-state index < -0.39 is 0 Å². The van der Waals surface area contributed by atoms with Crippen molar-refractivity contribution in [2.75, 3.05) is 7.05 Å². The number of benzene rings is 1. The van der Waals surface area contributed by atoms with E-state index in [1.807, 2.05) is 12.4 Å². The van der Waals surface area contributed by atoms with Gasteiger partial charge >= 0.3 is 0 Å². The van der Waals surface area contributed by atoms with Gasteiger partial charge in [0.1, 0.15) is 10.8 Å². The van der Waals surface area contributed by atoms with Gasteiger partial charge in [0.2, 0.25) is 0 Å². The molecule has 1 heterocycles. The highest BCUT2D eigenvalue weighted by atomic mass is 35.5. The maximum Gasteiger partial charge on any atom is 0.123 e. The first-order chi connectivity index (χ1) is 8.67. The second-order valence-electron chi connectivity index (χ2n) is 4.16. The molecule has 0 atom stereocenters. The first-order valence-electron chi connectivity index (χ1n) is 5.59. The Morgan fingerprint density at radius 1 is 1.28 bits per heavy atom. The maximum atomic E-state index is 12.8. The molecular formula is C13H14ClFN2S. The van der Waals surface area contributed by atoms with Crippen molar-refractivity contribution in [3.8, 4) is 0 Å². The molecule has 5 heteroatoms. The standard InChI is InChI=1S/C13H14ClFN2S/c1-17(7-10-2-4-11(15)5-3-10)8-13-16-12(6-14)9-18-13/h2-5,9H,6-8H2,1H3. The Morgan fingerprint density at radius 3 is 2.61 bits per heavy atom. The Labute approximate surface area is 115 Å². The minimum atomic E-state index is -0.201. The number of hydrogen-bond donors (Lipinski definition) is 0. The zero-order chi connectivity index (χ0) is 13.0. The van der Waals surface area contributed by atoms with Gasteiger partial charge in [-0.1, -0.05) is 12.1 Å². The highest BCUT2D eigenvalue weighted by molar-refractivity contribution is 7.09. The Bertz CT molecular complexity index is 498. The third-order valence-electron chi connectivity index (χ3n) is 2.51. The van der Waals surface area contributed by atoms with Gasteiger partial charge in [0, 0.05) is 11.9 Å². The molecule has 18 heavy (non-hydrogen) atoms. The smallest absolute Gasteiger partial charge is 0.123 e. The molecule has 0 unspecified atom stereocenters. The Morgan fingerprint density at radius 2 is 2.00 bits per heavy atom. The average Bonchev–Trinajstić information content (AvgIpc) is 2.79. The van der Waals surface area contributed by atoms with Crippen LogP contribution in [0, 0.1) is 5.82 Å². The largest absolute Gasteiger partial charge is 0.295 e. The fraction of sp³-hybridized carbons (Fsp3) is 0.308. The van der Waals surface area contributed by atoms with E-state index in [0.717, 1.165) is 29.4 Å². The molecule has 2 nitrogen and oxygen atoms in total. The van der Waals surface area contributed by atoms with E-state index in [1.165, 1.54) is 12.1 Å². The average molecular weight is 285 g/mol. The van der Waals surface area contributed by atoms with Crippen molar-refractivity contribution in [3.63, 3.8) is 0 Å². The van der Waals surface area contributed by atoms with Crippen molar-refractivity contribution in [3.05, 3.63) is 51.7 Å². The first kappa shape index (κ1) is 13.5. The fourth-order valence-corrected chi connectivity index (χ4v) is 2.77. The quantitative estimate of drug-likeness (QED) is 0.779. The summed E-state index contributed by atoms with van der Waals surface area (Å²) in [6.45, 7) is 1.55. The predicted octanol–water partition coefficient (Wildman–Crippen LogP) is 3.65. The van der Waals surface area contributed by atoms with E-state index in [-0.39, 0.29) is 5.82 Å². The molecular weight excluding hydrogens is 271 g/mol. The molecule has 0 bridgehead atoms. The topological polar surface area (TPSA) is 16.1 Å². The van der Waals surface area contributed by atoms with Gasteiger partial charge in [-0.25, -0.2) is 9.37 Å². The van der Waals surface area contributed by atoms with E-state index >= 15 is 0 Å². The van der Waals surface area contributed by atoms with Crippen molar-refractivity contribution in [1.29, 1.82) is 0 Å². The van der Waals surface area contributed by atoms with Crippen LogP contribution in [0.1, 0.15) is 16.3 Å². The molecule has 2 rings (SSSR count). The summed E-state index contributed by atoms with van der Waals surface area (Å²) in [5.74, 6) is 0.256. The van der Waals surface area contributed by atoms with Gasteiger partial charge in [-0.15, -0.1) is 22.9 Å². The van der Waals surface area contributed by atoms with E-state index in [2.05, 4.69) is 9.88 Å². The first-order valence-corrected chi connectivity index (χ1v) is 7.01. The third-order valence-corrected chi connectivity index (χ3v) is 3.66. The van der Waals surface area contributed by atoms with Crippen LogP contribution < -0.4 is 0 Å². The summed E-state index contributed by atoms with van der Waals surface area (Å²) < 4.78 is 12.8. The van der Waals surface area contributed by atoms with Crippen LogP contribution in [0.25, 0.3) is 0 Å². The third kappa shape index (κ3) is 3.77. The molecule has 0 aliphatic rings. The Balaban J connectivity index is 1.91. The normalized spacial score (nSPS) is 11.1. The molecule has 0 N–H and O–H groups in total. The minimum Gasteiger partial charge on any atom is -0.295 e. The number of aromatic nitrogens is 1. The van der Waals surface area contributed by atoms with Gasteiger partial charge in [0.05, 0.1) is 18.1 Å². The van der Waals surface area contributed by atoms with Crippen molar-refractivity contribution in [1.82, 2.24) is 9.88 Å². The second-order valence-corrected chi connectivity index (χ2v) is 5.37. The molecule has 96 valence electrons. The zero-order valence-electron chi connectivity index (χ0n) is 10.1. The summed E-state index contributed by atoms with van der Waals surface area (Å²) in [5.41, 5.74) is 2.01. The number of thiazole rings is 1. The lowest BCUT2D eigenvalue weighted by atomic mass is 10.2. The van der Waals surface area contributed by atoms with Gasteiger partial charge in [-0.05, 0) is 24.7 Å². The summed E-state index contributed by atoms with van der Waals surface area (Å²) in [7, 11) is 2.02. The lowest BCUT2D eigenvalue weighted by Gasteiger charge is -2.14. The molecule has 0 spiro atoms. The van der Waals surface area contributed by atoms with Crippen LogP contribution in [0.2, 0.25) is 0 Å². The van der Waals surface area contributed by atoms with Gasteiger partial charge in [0.25, 0.3) is 0 Å². The predicted molar refractivity (Wildman–Crippen MR) is 73.2 cm³/mol. The summed E-state index contributed by atoms with van der Waals surface area (Å²) in [6, 6.07) is 6.58. The van der Waals surface area contributed by atoms with Crippen LogP contribution in [-0.2, 0) is 19.0 Å². The van der Waals surface area contributed by atoms with E-state index in [0.29, 0.717) is 5.88 Å². The number of alkyl halides is 1. The van der Waals surface area contributed by atoms with E-state index in [4.69, 9.17) is 11.6 Å². The van der Waals surface area contributed by atoms with Gasteiger partial charge in [-0.2, -0.15) is 0 Å². The highest BCUT2D eigenvalue weighted by Gasteiger charge is 2.06. The van der Waals surface area contributed by atoms with Gasteiger partial charge in [-0.3, -0.25) is 4.90 Å². The lowest BCUT2D eigenvalue weighted by molar-refractivity contribution is 0.318. The van der Waals surface area contributed by atoms with Crippen LogP contribution in [0.5, 0.6) is 0 Å². The number of halogens is 2. The minimum absolute atomic E-state index is 0.201. The van der Waals surface area contributed by atoms with E-state index in [9.17, 15) is 4.39 Å². The molecule has 0 fully saturated rings. The molecule has 0 amide bonds. The molecule has 0 radical (unpaired) electrons. The molecule has 1 aromatic carbocycles. The van der Waals surface area contributed by atoms with Crippen molar-refractivity contribution in [2.45, 2.75) is 19.0 Å². The van der Waals surface area contributed by atoms with Crippen LogP contribution in [0.15, 0.2) is 29.6 Å². The Hall–Kier alpha value is -0.970. The van der Waals surface area contributed by atoms with Gasteiger partial charge in [0.15, 0.2) is 0 Å². The zero-order valence-corrected chi connectivity index (χ0v) is 11.6. The number of nitrogens with zero attached hydrogens (tertiary/aromatic N) is 2. The molecule has 2 aromatic rings. The summed E-state index contributed by atoms with van der Waals surface area (Å²) in [4.78, 5) is 6.55. The van der Waals surface area contributed by atoms with Crippen molar-refractivity contribution < 1.29 is 4.39 Å². The number of hydrogen-bond acceptors (Lipinski definition) is 3. The molecule has 0 saturated carbocycles. The molecule has 0 aliphatic carbocycles. The summed E-state index contributed by atoms with van der Waals surface area (Å²) in [6.07, 6.45) is 0. The fourth-order valence-electron chi connectivity index (χ4n) is 1.67. The lowest BCUT2D eigenvalue weighted by Crippen LogP contribution is -2.17. The van der Waals surface area contributed by atoms with Crippen LogP contribution >= 0.6 is 22.9 Å². The maximum absolute atomic E-state index is 12.8. The van der Waals surface area contributed by atoms with Crippen LogP contribution in [0.3, 0.4) is 0 Å². The highest BCUT2D eigenvalue weighted by Crippen LogP contribution is 2.14. The van der Waals surface area contributed by atoms with E-state index in [1.54, 1.807) is 23.5 Å². The van der Waals surface area contributed by atoms with Crippen LogP contribution in [0.4, 0.5) is 4.39 Å². The molecule has 0 saturated heterocycles. The Kier molecular flexibility index (Phi) is 4.69. The van der Waals surface area contributed by atoms with Gasteiger partial charge < -0.3 is 0 Å².